The number of aryl methyl sites for hydroxylation is 1. The molecular formula is C20H25N5OS. The van der Waals surface area contributed by atoms with E-state index in [1.54, 1.807) is 17.1 Å². The first-order valence-electron chi connectivity index (χ1n) is 10.0. The van der Waals surface area contributed by atoms with Gasteiger partial charge in [0.2, 0.25) is 0 Å². The molecule has 0 N–H and O–H groups in total. The molecule has 0 spiro atoms. The van der Waals surface area contributed by atoms with Gasteiger partial charge < -0.3 is 4.90 Å². The summed E-state index contributed by atoms with van der Waals surface area (Å²) in [4.78, 5) is 24.0. The molecule has 0 aromatic carbocycles. The lowest BCUT2D eigenvalue weighted by Gasteiger charge is -2.29. The van der Waals surface area contributed by atoms with Gasteiger partial charge in [-0.15, -0.1) is 0 Å². The van der Waals surface area contributed by atoms with Crippen LogP contribution in [0.15, 0.2) is 23.3 Å². The number of nitrogens with zero attached hydrogens (tertiary/aromatic N) is 5. The van der Waals surface area contributed by atoms with E-state index in [1.807, 2.05) is 11.8 Å². The fourth-order valence-electron chi connectivity index (χ4n) is 4.36. The van der Waals surface area contributed by atoms with Crippen LogP contribution in [0.25, 0.3) is 0 Å². The Morgan fingerprint density at radius 2 is 2.07 bits per heavy atom. The van der Waals surface area contributed by atoms with Crippen LogP contribution in [0.5, 0.6) is 0 Å². The summed E-state index contributed by atoms with van der Waals surface area (Å²) in [6, 6.07) is 4.24. The van der Waals surface area contributed by atoms with E-state index in [9.17, 15) is 4.79 Å². The largest absolute Gasteiger partial charge is 0.352 e. The number of anilines is 1. The molecule has 1 aliphatic carbocycles. The molecule has 0 amide bonds. The summed E-state index contributed by atoms with van der Waals surface area (Å²) in [6.07, 6.45) is 8.67. The van der Waals surface area contributed by atoms with Gasteiger partial charge in [-0.25, -0.2) is 14.6 Å². The lowest BCUT2D eigenvalue weighted by Crippen LogP contribution is -2.38. The van der Waals surface area contributed by atoms with Gasteiger partial charge in [-0.3, -0.25) is 4.79 Å². The van der Waals surface area contributed by atoms with Crippen LogP contribution in [-0.2, 0) is 18.7 Å². The van der Waals surface area contributed by atoms with Crippen LogP contribution < -0.4 is 10.5 Å². The van der Waals surface area contributed by atoms with Crippen LogP contribution in [0.3, 0.4) is 0 Å². The third kappa shape index (κ3) is 3.37. The SMILES string of the molecule is O=c1cc2c(nn1CC1CCCN1c1cc(C3CCC3)ncn1)CCSC2. The molecule has 6 nitrogen and oxygen atoms in total. The van der Waals surface area contributed by atoms with Gasteiger partial charge in [-0.2, -0.15) is 16.9 Å². The lowest BCUT2D eigenvalue weighted by atomic mass is 9.83. The van der Waals surface area contributed by atoms with Crippen LogP contribution in [0.1, 0.15) is 55.0 Å². The van der Waals surface area contributed by atoms with Crippen LogP contribution in [0, 0.1) is 0 Å². The van der Waals surface area contributed by atoms with Crippen LogP contribution in [-0.4, -0.2) is 38.1 Å². The van der Waals surface area contributed by atoms with Crippen LogP contribution >= 0.6 is 11.8 Å². The molecule has 2 fully saturated rings. The van der Waals surface area contributed by atoms with E-state index < -0.39 is 0 Å². The minimum Gasteiger partial charge on any atom is -0.352 e. The van der Waals surface area contributed by atoms with Gasteiger partial charge in [0.25, 0.3) is 5.56 Å². The summed E-state index contributed by atoms with van der Waals surface area (Å²) in [5.74, 6) is 3.63. The Labute approximate surface area is 163 Å². The Morgan fingerprint density at radius 3 is 2.93 bits per heavy atom. The Bertz CT molecular complexity index is 894. The molecule has 4 heterocycles. The van der Waals surface area contributed by atoms with Gasteiger partial charge in [0.15, 0.2) is 0 Å². The monoisotopic (exact) mass is 383 g/mol. The van der Waals surface area contributed by atoms with E-state index in [2.05, 4.69) is 20.9 Å². The molecule has 142 valence electrons. The van der Waals surface area contributed by atoms with E-state index in [4.69, 9.17) is 5.10 Å². The average Bonchev–Trinajstić information content (AvgIpc) is 3.09. The van der Waals surface area contributed by atoms with Crippen molar-refractivity contribution in [3.8, 4) is 0 Å². The van der Waals surface area contributed by atoms with E-state index in [-0.39, 0.29) is 11.6 Å². The molecule has 1 unspecified atom stereocenters. The molecule has 1 saturated heterocycles. The highest BCUT2D eigenvalue weighted by Crippen LogP contribution is 2.36. The zero-order valence-corrected chi connectivity index (χ0v) is 16.3. The molecule has 7 heteroatoms. The van der Waals surface area contributed by atoms with Gasteiger partial charge in [-0.05, 0) is 37.0 Å². The number of aromatic nitrogens is 4. The molecule has 27 heavy (non-hydrogen) atoms. The normalized spacial score (nSPS) is 22.5. The first kappa shape index (κ1) is 17.2. The molecule has 1 atom stereocenters. The van der Waals surface area contributed by atoms with E-state index >= 15 is 0 Å². The Balaban J connectivity index is 1.38. The molecule has 0 bridgehead atoms. The average molecular weight is 384 g/mol. The molecule has 2 aliphatic heterocycles. The minimum atomic E-state index is 0.0287. The lowest BCUT2D eigenvalue weighted by molar-refractivity contribution is 0.410. The third-order valence-corrected chi connectivity index (χ3v) is 7.17. The summed E-state index contributed by atoms with van der Waals surface area (Å²) in [5, 5.41) is 4.70. The Hall–Kier alpha value is -1.89. The molecule has 2 aromatic rings. The van der Waals surface area contributed by atoms with Gasteiger partial charge in [0, 0.05) is 42.5 Å². The van der Waals surface area contributed by atoms with E-state index in [0.717, 1.165) is 54.4 Å². The van der Waals surface area contributed by atoms with E-state index in [1.165, 1.54) is 25.0 Å². The van der Waals surface area contributed by atoms with Gasteiger partial charge in [0.1, 0.15) is 12.1 Å². The standard InChI is InChI=1S/C20H25N5OS/c26-20-9-15-12-27-8-6-17(15)23-25(20)11-16-5-2-7-24(16)19-10-18(21-13-22-19)14-3-1-4-14/h9-10,13-14,16H,1-8,11-12H2. The minimum absolute atomic E-state index is 0.0287. The molecule has 2 aromatic heterocycles. The van der Waals surface area contributed by atoms with Crippen molar-refractivity contribution in [3.05, 3.63) is 45.8 Å². The number of hydrogen-bond acceptors (Lipinski definition) is 6. The maximum absolute atomic E-state index is 12.6. The quantitative estimate of drug-likeness (QED) is 0.809. The molecule has 0 radical (unpaired) electrons. The molecule has 5 rings (SSSR count). The van der Waals surface area contributed by atoms with Crippen molar-refractivity contribution < 1.29 is 0 Å². The predicted octanol–water partition coefficient (Wildman–Crippen LogP) is 2.76. The smallest absolute Gasteiger partial charge is 0.267 e. The zero-order valence-electron chi connectivity index (χ0n) is 15.5. The molecule has 1 saturated carbocycles. The highest BCUT2D eigenvalue weighted by molar-refractivity contribution is 7.98. The maximum Gasteiger partial charge on any atom is 0.267 e. The van der Waals surface area contributed by atoms with Crippen molar-refractivity contribution in [1.29, 1.82) is 0 Å². The number of fused-ring (bicyclic) bond motifs is 1. The van der Waals surface area contributed by atoms with Crippen LogP contribution in [0.2, 0.25) is 0 Å². The maximum atomic E-state index is 12.6. The summed E-state index contributed by atoms with van der Waals surface area (Å²) in [5.41, 5.74) is 3.43. The van der Waals surface area contributed by atoms with E-state index in [0.29, 0.717) is 12.5 Å². The summed E-state index contributed by atoms with van der Waals surface area (Å²) < 4.78 is 1.69. The second-order valence-corrected chi connectivity index (χ2v) is 8.96. The van der Waals surface area contributed by atoms with Crippen LogP contribution in [0.4, 0.5) is 5.82 Å². The first-order valence-corrected chi connectivity index (χ1v) is 11.2. The second kappa shape index (κ2) is 7.26. The Kier molecular flexibility index (Phi) is 4.63. The number of rotatable bonds is 4. The number of thioether (sulfide) groups is 1. The van der Waals surface area contributed by atoms with Crippen molar-refractivity contribution in [1.82, 2.24) is 19.7 Å². The highest BCUT2D eigenvalue weighted by atomic mass is 32.2. The second-order valence-electron chi connectivity index (χ2n) is 7.86. The van der Waals surface area contributed by atoms with Crippen molar-refractivity contribution in [2.24, 2.45) is 0 Å². The Morgan fingerprint density at radius 1 is 1.15 bits per heavy atom. The fraction of sp³-hybridized carbons (Fsp3) is 0.600. The zero-order chi connectivity index (χ0) is 18.2. The summed E-state index contributed by atoms with van der Waals surface area (Å²) in [6.45, 7) is 1.63. The fourth-order valence-corrected chi connectivity index (χ4v) is 5.31. The van der Waals surface area contributed by atoms with Gasteiger partial charge in [0.05, 0.1) is 18.3 Å². The van der Waals surface area contributed by atoms with Crippen molar-refractivity contribution >= 4 is 17.6 Å². The molecular weight excluding hydrogens is 358 g/mol. The van der Waals surface area contributed by atoms with Crippen molar-refractivity contribution in [3.63, 3.8) is 0 Å². The van der Waals surface area contributed by atoms with Gasteiger partial charge >= 0.3 is 0 Å². The first-order chi connectivity index (χ1) is 13.3. The summed E-state index contributed by atoms with van der Waals surface area (Å²) >= 11 is 1.88. The third-order valence-electron chi connectivity index (χ3n) is 6.16. The topological polar surface area (TPSA) is 63.9 Å². The molecule has 3 aliphatic rings. The van der Waals surface area contributed by atoms with Crippen molar-refractivity contribution in [2.45, 2.75) is 62.8 Å². The number of hydrogen-bond donors (Lipinski definition) is 0. The predicted molar refractivity (Wildman–Crippen MR) is 107 cm³/mol. The summed E-state index contributed by atoms with van der Waals surface area (Å²) in [7, 11) is 0. The highest BCUT2D eigenvalue weighted by Gasteiger charge is 2.29. The van der Waals surface area contributed by atoms with Crippen molar-refractivity contribution in [2.75, 3.05) is 17.2 Å². The van der Waals surface area contributed by atoms with Gasteiger partial charge in [-0.1, -0.05) is 6.42 Å².